The zero-order chi connectivity index (χ0) is 17.6. The van der Waals surface area contributed by atoms with Crippen molar-refractivity contribution in [1.29, 1.82) is 0 Å². The molecule has 1 N–H and O–H groups in total. The summed E-state index contributed by atoms with van der Waals surface area (Å²) in [5.41, 5.74) is 0.285. The summed E-state index contributed by atoms with van der Waals surface area (Å²) in [5, 5.41) is 2.50. The number of ether oxygens (including phenoxy) is 2. The van der Waals surface area contributed by atoms with E-state index in [2.05, 4.69) is 10.1 Å². The van der Waals surface area contributed by atoms with Crippen LogP contribution in [0.5, 0.6) is 0 Å². The largest absolute Gasteiger partial charge is 0.451 e. The molecule has 9 heteroatoms. The Morgan fingerprint density at radius 2 is 1.96 bits per heavy atom. The van der Waals surface area contributed by atoms with E-state index in [1.165, 1.54) is 52.4 Å². The molecule has 0 saturated carbocycles. The van der Waals surface area contributed by atoms with Crippen LogP contribution in [0.15, 0.2) is 29.2 Å². The maximum atomic E-state index is 12.1. The summed E-state index contributed by atoms with van der Waals surface area (Å²) in [4.78, 5) is 23.3. The number of benzene rings is 1. The van der Waals surface area contributed by atoms with E-state index >= 15 is 0 Å². The molecule has 0 saturated heterocycles. The van der Waals surface area contributed by atoms with Gasteiger partial charge in [-0.2, -0.15) is 0 Å². The molecule has 0 radical (unpaired) electrons. The molecule has 0 aliphatic heterocycles. The normalized spacial score (nSPS) is 12.7. The zero-order valence-corrected chi connectivity index (χ0v) is 14.2. The molecule has 23 heavy (non-hydrogen) atoms. The Kier molecular flexibility index (Phi) is 6.67. The predicted octanol–water partition coefficient (Wildman–Crippen LogP) is 0.454. The number of hydrogen-bond acceptors (Lipinski definition) is 6. The van der Waals surface area contributed by atoms with Crippen molar-refractivity contribution in [3.63, 3.8) is 0 Å². The second-order valence-electron chi connectivity index (χ2n) is 4.87. The van der Waals surface area contributed by atoms with Crippen molar-refractivity contribution in [1.82, 2.24) is 4.31 Å². The van der Waals surface area contributed by atoms with Gasteiger partial charge in [-0.25, -0.2) is 17.5 Å². The van der Waals surface area contributed by atoms with Crippen molar-refractivity contribution in [2.75, 3.05) is 33.1 Å². The molecule has 1 atom stereocenters. The van der Waals surface area contributed by atoms with Crippen LogP contribution in [0.2, 0.25) is 0 Å². The molecule has 1 aromatic rings. The first-order chi connectivity index (χ1) is 10.7. The van der Waals surface area contributed by atoms with E-state index in [-0.39, 0.29) is 17.2 Å². The Morgan fingerprint density at radius 1 is 1.30 bits per heavy atom. The SMILES string of the molecule is COCC(=O)O[C@H](C)C(=O)Nc1cccc(S(=O)(=O)N(C)C)c1. The zero-order valence-electron chi connectivity index (χ0n) is 13.4. The Balaban J connectivity index is 2.82. The van der Waals surface area contributed by atoms with E-state index in [0.717, 1.165) is 4.31 Å². The minimum atomic E-state index is -3.60. The number of rotatable bonds is 7. The first-order valence-corrected chi connectivity index (χ1v) is 8.14. The van der Waals surface area contributed by atoms with E-state index in [0.29, 0.717) is 0 Å². The molecule has 8 nitrogen and oxygen atoms in total. The van der Waals surface area contributed by atoms with Gasteiger partial charge in [0.05, 0.1) is 4.90 Å². The number of amides is 1. The van der Waals surface area contributed by atoms with Crippen LogP contribution >= 0.6 is 0 Å². The van der Waals surface area contributed by atoms with E-state index in [1.54, 1.807) is 0 Å². The van der Waals surface area contributed by atoms with Gasteiger partial charge >= 0.3 is 5.97 Å². The number of esters is 1. The van der Waals surface area contributed by atoms with Gasteiger partial charge < -0.3 is 14.8 Å². The number of nitrogens with one attached hydrogen (secondary N) is 1. The van der Waals surface area contributed by atoms with Gasteiger partial charge in [0, 0.05) is 26.9 Å². The fourth-order valence-electron chi connectivity index (χ4n) is 1.59. The van der Waals surface area contributed by atoms with Crippen molar-refractivity contribution in [3.05, 3.63) is 24.3 Å². The number of anilines is 1. The average Bonchev–Trinajstić information content (AvgIpc) is 2.47. The van der Waals surface area contributed by atoms with Gasteiger partial charge in [0.1, 0.15) is 6.61 Å². The van der Waals surface area contributed by atoms with Crippen molar-refractivity contribution < 1.29 is 27.5 Å². The van der Waals surface area contributed by atoms with Crippen LogP contribution in [0.25, 0.3) is 0 Å². The number of hydrogen-bond donors (Lipinski definition) is 1. The van der Waals surface area contributed by atoms with Gasteiger partial charge in [-0.05, 0) is 25.1 Å². The summed E-state index contributed by atoms with van der Waals surface area (Å²) in [6.07, 6.45) is -1.04. The Hall–Kier alpha value is -1.97. The van der Waals surface area contributed by atoms with Crippen molar-refractivity contribution >= 4 is 27.6 Å². The number of carbonyl (C=O) groups excluding carboxylic acids is 2. The molecule has 1 amide bonds. The molecule has 0 unspecified atom stereocenters. The molecule has 0 bridgehead atoms. The van der Waals surface area contributed by atoms with Gasteiger partial charge in [-0.15, -0.1) is 0 Å². The van der Waals surface area contributed by atoms with Gasteiger partial charge in [-0.3, -0.25) is 4.79 Å². The van der Waals surface area contributed by atoms with E-state index < -0.39 is 28.0 Å². The first-order valence-electron chi connectivity index (χ1n) is 6.70. The highest BCUT2D eigenvalue weighted by Crippen LogP contribution is 2.18. The summed E-state index contributed by atoms with van der Waals surface area (Å²) in [5.74, 6) is -1.24. The topological polar surface area (TPSA) is 102 Å². The Labute approximate surface area is 135 Å². The molecule has 0 fully saturated rings. The predicted molar refractivity (Wildman–Crippen MR) is 83.4 cm³/mol. The molecule has 128 valence electrons. The molecular weight excluding hydrogens is 324 g/mol. The molecule has 0 aromatic heterocycles. The third kappa shape index (κ3) is 5.31. The second kappa shape index (κ2) is 8.04. The van der Waals surface area contributed by atoms with E-state index in [9.17, 15) is 18.0 Å². The van der Waals surface area contributed by atoms with Crippen LogP contribution in [-0.4, -0.2) is 58.5 Å². The summed E-state index contributed by atoms with van der Waals surface area (Å²) < 4.78 is 34.6. The highest BCUT2D eigenvalue weighted by atomic mass is 32.2. The van der Waals surface area contributed by atoms with Crippen molar-refractivity contribution in [2.24, 2.45) is 0 Å². The number of methoxy groups -OCH3 is 1. The van der Waals surface area contributed by atoms with Crippen molar-refractivity contribution in [3.8, 4) is 0 Å². The van der Waals surface area contributed by atoms with E-state index in [1.807, 2.05) is 0 Å². The highest BCUT2D eigenvalue weighted by molar-refractivity contribution is 7.89. The monoisotopic (exact) mass is 344 g/mol. The minimum absolute atomic E-state index is 0.0457. The van der Waals surface area contributed by atoms with Crippen LogP contribution in [-0.2, 0) is 29.1 Å². The molecule has 0 aliphatic carbocycles. The van der Waals surface area contributed by atoms with Crippen molar-refractivity contribution in [2.45, 2.75) is 17.9 Å². The smallest absolute Gasteiger partial charge is 0.332 e. The molecule has 1 aromatic carbocycles. The summed E-state index contributed by atoms with van der Waals surface area (Å²) in [6, 6.07) is 5.80. The second-order valence-corrected chi connectivity index (χ2v) is 7.02. The van der Waals surface area contributed by atoms with Crippen LogP contribution in [0.1, 0.15) is 6.92 Å². The third-order valence-electron chi connectivity index (χ3n) is 2.82. The Bertz CT molecular complexity index is 672. The number of nitrogens with zero attached hydrogens (tertiary/aromatic N) is 1. The Morgan fingerprint density at radius 3 is 2.52 bits per heavy atom. The average molecular weight is 344 g/mol. The highest BCUT2D eigenvalue weighted by Gasteiger charge is 2.20. The third-order valence-corrected chi connectivity index (χ3v) is 4.63. The van der Waals surface area contributed by atoms with Gasteiger partial charge in [-0.1, -0.05) is 6.07 Å². The standard InChI is InChI=1S/C14H20N2O6S/c1-10(22-13(17)9-21-4)14(18)15-11-6-5-7-12(8-11)23(19,20)16(2)3/h5-8,10H,9H2,1-4H3,(H,15,18)/t10-/m1/s1. The lowest BCUT2D eigenvalue weighted by Crippen LogP contribution is -2.31. The van der Waals surface area contributed by atoms with Crippen LogP contribution < -0.4 is 5.32 Å². The van der Waals surface area contributed by atoms with Gasteiger partial charge in [0.2, 0.25) is 10.0 Å². The maximum Gasteiger partial charge on any atom is 0.332 e. The van der Waals surface area contributed by atoms with Gasteiger partial charge in [0.15, 0.2) is 6.10 Å². The molecule has 1 rings (SSSR count). The summed E-state index contributed by atoms with van der Waals surface area (Å²) in [6.45, 7) is 1.15. The van der Waals surface area contributed by atoms with Crippen LogP contribution in [0.4, 0.5) is 5.69 Å². The van der Waals surface area contributed by atoms with Crippen LogP contribution in [0, 0.1) is 0 Å². The lowest BCUT2D eigenvalue weighted by atomic mass is 10.3. The molecular formula is C14H20N2O6S. The first kappa shape index (κ1) is 19.1. The van der Waals surface area contributed by atoms with Crippen LogP contribution in [0.3, 0.4) is 0 Å². The van der Waals surface area contributed by atoms with E-state index in [4.69, 9.17) is 4.74 Å². The lowest BCUT2D eigenvalue weighted by Gasteiger charge is -2.15. The summed E-state index contributed by atoms with van der Waals surface area (Å²) in [7, 11) is 0.564. The van der Waals surface area contributed by atoms with Gasteiger partial charge in [0.25, 0.3) is 5.91 Å². The lowest BCUT2D eigenvalue weighted by molar-refractivity contribution is -0.156. The fraction of sp³-hybridized carbons (Fsp3) is 0.429. The molecule has 0 heterocycles. The number of sulfonamides is 1. The fourth-order valence-corrected chi connectivity index (χ4v) is 2.54. The minimum Gasteiger partial charge on any atom is -0.451 e. The molecule has 0 aliphatic rings. The maximum absolute atomic E-state index is 12.1. The quantitative estimate of drug-likeness (QED) is 0.721. The number of carbonyl (C=O) groups is 2. The molecule has 0 spiro atoms. The summed E-state index contributed by atoms with van der Waals surface area (Å²) >= 11 is 0.